The van der Waals surface area contributed by atoms with Gasteiger partial charge >= 0.3 is 11.6 Å². The number of rotatable bonds is 17. The highest BCUT2D eigenvalue weighted by Gasteiger charge is 2.22. The normalized spacial score (nSPS) is 12.6. The predicted octanol–water partition coefficient (Wildman–Crippen LogP) is 6.57. The Morgan fingerprint density at radius 2 is 1.66 bits per heavy atom. The van der Waals surface area contributed by atoms with Gasteiger partial charge in [0.25, 0.3) is 10.0 Å². The van der Waals surface area contributed by atoms with Crippen LogP contribution in [0.4, 0.5) is 17.1 Å². The fourth-order valence-electron chi connectivity index (χ4n) is 4.57. The minimum absolute atomic E-state index is 0.0364. The smallest absolute Gasteiger partial charge is 0.329 e. The van der Waals surface area contributed by atoms with Crippen LogP contribution < -0.4 is 20.7 Å². The van der Waals surface area contributed by atoms with Crippen molar-refractivity contribution in [3.63, 3.8) is 0 Å². The Morgan fingerprint density at radius 3 is 2.38 bits per heavy atom. The minimum atomic E-state index is -3.92. The van der Waals surface area contributed by atoms with Gasteiger partial charge in [0.15, 0.2) is 0 Å². The van der Waals surface area contributed by atoms with Gasteiger partial charge in [-0.2, -0.15) is 0 Å². The van der Waals surface area contributed by atoms with E-state index in [1.165, 1.54) is 29.8 Å². The van der Waals surface area contributed by atoms with Crippen LogP contribution in [0.2, 0.25) is 0 Å². The minimum Gasteiger partial charge on any atom is -0.381 e. The van der Waals surface area contributed by atoms with Gasteiger partial charge in [-0.25, -0.2) is 8.42 Å². The summed E-state index contributed by atoms with van der Waals surface area (Å²) in [6, 6.07) is 21.0. The van der Waals surface area contributed by atoms with E-state index >= 15 is 0 Å². The summed E-state index contributed by atoms with van der Waals surface area (Å²) in [6.45, 7) is 8.31. The molecule has 0 spiro atoms. The summed E-state index contributed by atoms with van der Waals surface area (Å²) in [5.74, 6) is -1.25. The van der Waals surface area contributed by atoms with Crippen LogP contribution >= 0.6 is 0 Å². The molecule has 3 aromatic carbocycles. The van der Waals surface area contributed by atoms with Gasteiger partial charge in [-0.3, -0.25) is 24.4 Å². The Kier molecular flexibility index (Phi) is 13.7. The molecule has 3 rings (SSSR count). The van der Waals surface area contributed by atoms with Crippen LogP contribution in [0.15, 0.2) is 101 Å². The van der Waals surface area contributed by atoms with E-state index in [4.69, 9.17) is 0 Å². The molecule has 47 heavy (non-hydrogen) atoms. The summed E-state index contributed by atoms with van der Waals surface area (Å²) in [5.41, 5.74) is 4.13. The number of para-hydroxylation sites is 1. The Hall–Kier alpha value is -4.97. The molecule has 2 amide bonds. The highest BCUT2D eigenvalue weighted by Crippen LogP contribution is 2.23. The maximum absolute atomic E-state index is 13.0. The molecular weight excluding hydrogens is 618 g/mol. The van der Waals surface area contributed by atoms with Gasteiger partial charge in [-0.1, -0.05) is 55.0 Å². The molecule has 1 atom stereocenters. The van der Waals surface area contributed by atoms with Gasteiger partial charge in [-0.15, -0.1) is 0 Å². The molecule has 3 aromatic rings. The van der Waals surface area contributed by atoms with Crippen LogP contribution in [-0.2, 0) is 19.6 Å². The quantitative estimate of drug-likeness (QED) is 0.0551. The van der Waals surface area contributed by atoms with E-state index in [1.807, 2.05) is 64.1 Å². The number of nitrogens with zero attached hydrogens (tertiary/aromatic N) is 1. The summed E-state index contributed by atoms with van der Waals surface area (Å²) >= 11 is 0. The van der Waals surface area contributed by atoms with E-state index in [-0.39, 0.29) is 29.5 Å². The van der Waals surface area contributed by atoms with Crippen LogP contribution in [-0.4, -0.2) is 38.2 Å². The number of nitro groups is 1. The lowest BCUT2D eigenvalue weighted by atomic mass is 10.00. The van der Waals surface area contributed by atoms with Gasteiger partial charge in [0.2, 0.25) is 5.91 Å². The fraction of sp³-hybridized carbons (Fsp3) is 0.314. The van der Waals surface area contributed by atoms with Crippen molar-refractivity contribution in [3.8, 4) is 0 Å². The van der Waals surface area contributed by atoms with Gasteiger partial charge in [-0.05, 0) is 99.6 Å². The third kappa shape index (κ3) is 12.0. The van der Waals surface area contributed by atoms with Crippen molar-refractivity contribution in [2.45, 2.75) is 58.3 Å². The van der Waals surface area contributed by atoms with E-state index < -0.39 is 32.5 Å². The second-order valence-corrected chi connectivity index (χ2v) is 13.2. The summed E-state index contributed by atoms with van der Waals surface area (Å²) in [5, 5.41) is 20.0. The summed E-state index contributed by atoms with van der Waals surface area (Å²) in [6.07, 6.45) is 5.26. The zero-order valence-corrected chi connectivity index (χ0v) is 28.0. The molecule has 12 heteroatoms. The number of allylic oxidation sites excluding steroid dienone is 2. The van der Waals surface area contributed by atoms with Gasteiger partial charge in [0, 0.05) is 30.9 Å². The van der Waals surface area contributed by atoms with Crippen LogP contribution in [0.5, 0.6) is 0 Å². The highest BCUT2D eigenvalue weighted by atomic mass is 32.2. The lowest BCUT2D eigenvalue weighted by Crippen LogP contribution is -2.31. The molecule has 0 aromatic heterocycles. The zero-order chi connectivity index (χ0) is 34.4. The lowest BCUT2D eigenvalue weighted by molar-refractivity contribution is -0.419. The van der Waals surface area contributed by atoms with E-state index in [2.05, 4.69) is 26.7 Å². The third-order valence-corrected chi connectivity index (χ3v) is 8.92. The van der Waals surface area contributed by atoms with Crippen molar-refractivity contribution in [2.75, 3.05) is 28.4 Å². The largest absolute Gasteiger partial charge is 0.381 e. The Balaban J connectivity index is 1.45. The average Bonchev–Trinajstić information content (AvgIpc) is 3.02. The Morgan fingerprint density at radius 1 is 0.957 bits per heavy atom. The summed E-state index contributed by atoms with van der Waals surface area (Å²) in [4.78, 5) is 35.9. The topological polar surface area (TPSA) is 160 Å². The van der Waals surface area contributed by atoms with E-state index in [9.17, 15) is 28.1 Å². The van der Waals surface area contributed by atoms with E-state index in [1.54, 1.807) is 18.2 Å². The van der Waals surface area contributed by atoms with Crippen molar-refractivity contribution >= 4 is 38.9 Å². The molecule has 0 saturated carbocycles. The first-order chi connectivity index (χ1) is 22.4. The molecule has 0 saturated heterocycles. The molecule has 0 heterocycles. The van der Waals surface area contributed by atoms with Gasteiger partial charge in [0.1, 0.15) is 0 Å². The zero-order valence-electron chi connectivity index (χ0n) is 27.2. The van der Waals surface area contributed by atoms with Crippen LogP contribution in [0.3, 0.4) is 0 Å². The highest BCUT2D eigenvalue weighted by molar-refractivity contribution is 7.92. The van der Waals surface area contributed by atoms with Crippen LogP contribution in [0.1, 0.15) is 50.7 Å². The number of carbonyl (C=O) groups is 2. The van der Waals surface area contributed by atoms with Crippen molar-refractivity contribution < 1.29 is 22.9 Å². The molecule has 0 bridgehead atoms. The number of sulfonamides is 1. The first-order valence-electron chi connectivity index (χ1n) is 15.4. The number of aryl methyl sites for hydroxylation is 1. The number of carbonyl (C=O) groups excluding carboxylic acids is 2. The Bertz CT molecular complexity index is 1720. The molecule has 0 aliphatic rings. The van der Waals surface area contributed by atoms with Crippen molar-refractivity contribution in [2.24, 2.45) is 5.92 Å². The molecule has 0 radical (unpaired) electrons. The molecule has 11 nitrogen and oxygen atoms in total. The summed E-state index contributed by atoms with van der Waals surface area (Å²) in [7, 11) is -3.92. The van der Waals surface area contributed by atoms with Crippen molar-refractivity contribution in [1.29, 1.82) is 0 Å². The lowest BCUT2D eigenvalue weighted by Gasteiger charge is -2.13. The van der Waals surface area contributed by atoms with Crippen molar-refractivity contribution in [3.05, 3.63) is 117 Å². The molecule has 4 N–H and O–H groups in total. The summed E-state index contributed by atoms with van der Waals surface area (Å²) < 4.78 is 28.5. The number of anilines is 3. The number of hydrogen-bond donors (Lipinski definition) is 4. The number of nitrogens with one attached hydrogen (secondary N) is 4. The monoisotopic (exact) mass is 661 g/mol. The third-order valence-electron chi connectivity index (χ3n) is 7.55. The van der Waals surface area contributed by atoms with E-state index in [0.717, 1.165) is 36.2 Å². The molecular formula is C35H43N5O6S. The van der Waals surface area contributed by atoms with Gasteiger partial charge < -0.3 is 16.0 Å². The molecule has 0 aliphatic carbocycles. The maximum Gasteiger partial charge on any atom is 0.329 e. The second-order valence-electron chi connectivity index (χ2n) is 11.5. The fourth-order valence-corrected chi connectivity index (χ4v) is 5.74. The standard InChI is InChI=1S/C35H43N5O6S/c1-25(11-8-12-26(2)24-37-29-14-6-5-7-15-29)19-20-33(40(43)44)35(42)36-22-21-34(41)38-30-16-10-17-31(23-30)47(45,46)39-32-18-9-13-27(3)28(32)4/h5-7,9-10,12-18,20,23,25,37,39H,8,11,19,21-22,24H2,1-4H3,(H,36,42)(H,38,41)/b26-12+,33-20+. The number of amides is 2. The SMILES string of the molecule is C/C(=C\CCC(C)C/C=C(\C(=O)NCCC(=O)Nc1cccc(S(=O)(=O)Nc2cccc(C)c2C)c1)[N+](=O)[O-])CNc1ccccc1. The molecule has 0 aliphatic heterocycles. The predicted molar refractivity (Wildman–Crippen MR) is 186 cm³/mol. The second kappa shape index (κ2) is 17.7. The molecule has 0 fully saturated rings. The molecule has 250 valence electrons. The van der Waals surface area contributed by atoms with Crippen molar-refractivity contribution in [1.82, 2.24) is 5.32 Å². The number of benzene rings is 3. The van der Waals surface area contributed by atoms with Crippen LogP contribution in [0, 0.1) is 29.9 Å². The number of hydrogen-bond acceptors (Lipinski definition) is 7. The average molecular weight is 662 g/mol. The molecule has 1 unspecified atom stereocenters. The Labute approximate surface area is 276 Å². The first kappa shape index (κ1) is 36.5. The van der Waals surface area contributed by atoms with E-state index in [0.29, 0.717) is 12.1 Å². The van der Waals surface area contributed by atoms with Gasteiger partial charge in [0.05, 0.1) is 15.5 Å². The first-order valence-corrected chi connectivity index (χ1v) is 16.9. The maximum atomic E-state index is 13.0. The van der Waals surface area contributed by atoms with Crippen LogP contribution in [0.25, 0.3) is 0 Å².